The van der Waals surface area contributed by atoms with E-state index in [1.165, 1.54) is 0 Å². The van der Waals surface area contributed by atoms with Gasteiger partial charge < -0.3 is 9.84 Å². The molecule has 0 aliphatic heterocycles. The highest BCUT2D eigenvalue weighted by molar-refractivity contribution is 14.1. The molecule has 0 aliphatic rings. The lowest BCUT2D eigenvalue weighted by molar-refractivity contribution is 0.316. The van der Waals surface area contributed by atoms with E-state index in [1.54, 1.807) is 15.4 Å². The molecule has 1 N–H and O–H groups in total. The number of phenolic OH excluding ortho intramolecular Hbond substituents is 1. The Morgan fingerprint density at radius 2 is 1.25 bits per heavy atom. The van der Waals surface area contributed by atoms with Crippen molar-refractivity contribution in [2.75, 3.05) is 6.61 Å². The SMILES string of the molecule is CCOc1cc(C(c2c(C)n(C)n(-c3ccccc3)c2=O)c2c(C)n(C)n(-c3ccccc3)c2=O)cc(I)c1O. The van der Waals surface area contributed by atoms with Gasteiger partial charge >= 0.3 is 0 Å². The average Bonchev–Trinajstić information content (AvgIpc) is 3.30. The highest BCUT2D eigenvalue weighted by Gasteiger charge is 2.33. The zero-order valence-electron chi connectivity index (χ0n) is 23.1. The Bertz CT molecular complexity index is 1710. The van der Waals surface area contributed by atoms with Crippen LogP contribution in [0.3, 0.4) is 0 Å². The fourth-order valence-corrected chi connectivity index (χ4v) is 5.97. The monoisotopic (exact) mass is 650 g/mol. The van der Waals surface area contributed by atoms with E-state index in [1.807, 2.05) is 111 Å². The average molecular weight is 651 g/mol. The summed E-state index contributed by atoms with van der Waals surface area (Å²) in [5.41, 5.74) is 4.14. The summed E-state index contributed by atoms with van der Waals surface area (Å²) >= 11 is 2.06. The van der Waals surface area contributed by atoms with Crippen LogP contribution in [0.15, 0.2) is 82.4 Å². The van der Waals surface area contributed by atoms with Crippen LogP contribution < -0.4 is 15.9 Å². The molecular weight excluding hydrogens is 619 g/mol. The molecule has 0 bridgehead atoms. The smallest absolute Gasteiger partial charge is 0.275 e. The van der Waals surface area contributed by atoms with E-state index in [9.17, 15) is 14.7 Å². The summed E-state index contributed by atoms with van der Waals surface area (Å²) in [6, 6.07) is 22.4. The third-order valence-electron chi connectivity index (χ3n) is 7.46. The minimum atomic E-state index is -0.722. The first-order valence-electron chi connectivity index (χ1n) is 13.0. The molecular formula is C31H31IN4O4. The fourth-order valence-electron chi connectivity index (χ4n) is 5.35. The minimum absolute atomic E-state index is 0.0305. The number of hydrogen-bond donors (Lipinski definition) is 1. The lowest BCUT2D eigenvalue weighted by Gasteiger charge is -2.19. The van der Waals surface area contributed by atoms with Crippen molar-refractivity contribution in [3.05, 3.63) is 125 Å². The molecule has 8 nitrogen and oxygen atoms in total. The van der Waals surface area contributed by atoms with Crippen molar-refractivity contribution in [1.29, 1.82) is 0 Å². The van der Waals surface area contributed by atoms with E-state index >= 15 is 0 Å². The first-order valence-corrected chi connectivity index (χ1v) is 14.1. The summed E-state index contributed by atoms with van der Waals surface area (Å²) in [6.07, 6.45) is 0. The highest BCUT2D eigenvalue weighted by Crippen LogP contribution is 2.40. The number of hydrogen-bond acceptors (Lipinski definition) is 4. The van der Waals surface area contributed by atoms with Crippen molar-refractivity contribution in [2.45, 2.75) is 26.7 Å². The summed E-state index contributed by atoms with van der Waals surface area (Å²) in [4.78, 5) is 28.6. The van der Waals surface area contributed by atoms with Gasteiger partial charge in [0.25, 0.3) is 11.1 Å². The third-order valence-corrected chi connectivity index (χ3v) is 8.28. The van der Waals surface area contributed by atoms with Crippen LogP contribution in [0.1, 0.15) is 40.9 Å². The Morgan fingerprint density at radius 1 is 0.800 bits per heavy atom. The summed E-state index contributed by atoms with van der Waals surface area (Å²) in [5, 5.41) is 10.7. The van der Waals surface area contributed by atoms with Gasteiger partial charge in [0.1, 0.15) is 0 Å². The van der Waals surface area contributed by atoms with Crippen LogP contribution >= 0.6 is 22.6 Å². The van der Waals surface area contributed by atoms with Gasteiger partial charge in [0.15, 0.2) is 11.5 Å². The van der Waals surface area contributed by atoms with E-state index in [-0.39, 0.29) is 16.9 Å². The molecule has 0 spiro atoms. The van der Waals surface area contributed by atoms with Crippen LogP contribution in [0.5, 0.6) is 11.5 Å². The van der Waals surface area contributed by atoms with E-state index in [4.69, 9.17) is 4.74 Å². The zero-order valence-corrected chi connectivity index (χ0v) is 25.2. The van der Waals surface area contributed by atoms with Crippen molar-refractivity contribution < 1.29 is 9.84 Å². The van der Waals surface area contributed by atoms with E-state index in [0.29, 0.717) is 32.6 Å². The summed E-state index contributed by atoms with van der Waals surface area (Å²) in [5.74, 6) is -0.383. The van der Waals surface area contributed by atoms with Crippen molar-refractivity contribution in [3.8, 4) is 22.9 Å². The van der Waals surface area contributed by atoms with E-state index in [2.05, 4.69) is 22.6 Å². The Kier molecular flexibility index (Phi) is 7.50. The second-order valence-electron chi connectivity index (χ2n) is 9.67. The molecule has 2 aromatic heterocycles. The van der Waals surface area contributed by atoms with Gasteiger partial charge in [-0.3, -0.25) is 19.0 Å². The second-order valence-corrected chi connectivity index (χ2v) is 10.8. The van der Waals surface area contributed by atoms with Crippen LogP contribution in [0.4, 0.5) is 0 Å². The number of nitrogens with zero attached hydrogens (tertiary/aromatic N) is 4. The van der Waals surface area contributed by atoms with Crippen LogP contribution in [-0.2, 0) is 14.1 Å². The van der Waals surface area contributed by atoms with Crippen molar-refractivity contribution in [3.63, 3.8) is 0 Å². The first kappa shape index (κ1) is 27.6. The number of halogens is 1. The normalized spacial score (nSPS) is 11.4. The van der Waals surface area contributed by atoms with Crippen molar-refractivity contribution >= 4 is 22.6 Å². The molecule has 2 heterocycles. The standard InChI is InChI=1S/C31H31IN4O4/c1-6-40-25-18-21(17-24(32)29(25)37)28(26-19(2)33(4)35(30(26)38)22-13-9-7-10-14-22)27-20(3)34(5)36(31(27)39)23-15-11-8-12-16-23/h7-18,28,37H,6H2,1-5H3. The van der Waals surface area contributed by atoms with Gasteiger partial charge in [-0.15, -0.1) is 0 Å². The van der Waals surface area contributed by atoms with Gasteiger partial charge in [0.05, 0.1) is 32.7 Å². The molecule has 5 aromatic rings. The Balaban J connectivity index is 1.88. The predicted octanol–water partition coefficient (Wildman–Crippen LogP) is 5.17. The van der Waals surface area contributed by atoms with Gasteiger partial charge in [-0.2, -0.15) is 0 Å². The van der Waals surface area contributed by atoms with Crippen molar-refractivity contribution in [1.82, 2.24) is 18.7 Å². The zero-order chi connectivity index (χ0) is 28.7. The Labute approximate surface area is 245 Å². The number of ether oxygens (including phenoxy) is 1. The number of aromatic hydroxyl groups is 1. The Hall–Kier alpha value is -3.99. The molecule has 0 radical (unpaired) electrons. The number of aromatic nitrogens is 4. The summed E-state index contributed by atoms with van der Waals surface area (Å²) in [7, 11) is 3.69. The molecule has 40 heavy (non-hydrogen) atoms. The molecule has 3 aromatic carbocycles. The third kappa shape index (κ3) is 4.47. The van der Waals surface area contributed by atoms with Crippen LogP contribution in [0.2, 0.25) is 0 Å². The second kappa shape index (κ2) is 10.9. The first-order chi connectivity index (χ1) is 19.2. The molecule has 0 atom stereocenters. The van der Waals surface area contributed by atoms with E-state index in [0.717, 1.165) is 22.8 Å². The quantitative estimate of drug-likeness (QED) is 0.247. The number of para-hydroxylation sites is 2. The van der Waals surface area contributed by atoms with Gasteiger partial charge in [0, 0.05) is 31.4 Å². The molecule has 9 heteroatoms. The maximum Gasteiger partial charge on any atom is 0.275 e. The lowest BCUT2D eigenvalue weighted by atomic mass is 9.85. The topological polar surface area (TPSA) is 83.3 Å². The minimum Gasteiger partial charge on any atom is -0.504 e. The van der Waals surface area contributed by atoms with Crippen molar-refractivity contribution in [2.24, 2.45) is 14.1 Å². The fraction of sp³-hybridized carbons (Fsp3) is 0.226. The molecule has 206 valence electrons. The Morgan fingerprint density at radius 3 is 1.68 bits per heavy atom. The largest absolute Gasteiger partial charge is 0.504 e. The van der Waals surface area contributed by atoms with Crippen LogP contribution in [-0.4, -0.2) is 30.4 Å². The molecule has 0 saturated heterocycles. The maximum absolute atomic E-state index is 14.3. The molecule has 5 rings (SSSR count). The molecule has 0 unspecified atom stereocenters. The van der Waals surface area contributed by atoms with E-state index < -0.39 is 5.92 Å². The van der Waals surface area contributed by atoms with Gasteiger partial charge in [-0.05, 0) is 85.3 Å². The highest BCUT2D eigenvalue weighted by atomic mass is 127. The van der Waals surface area contributed by atoms with Crippen LogP contribution in [0.25, 0.3) is 11.4 Å². The maximum atomic E-state index is 14.3. The molecule has 0 aliphatic carbocycles. The number of benzene rings is 3. The number of rotatable bonds is 7. The van der Waals surface area contributed by atoms with Gasteiger partial charge in [0.2, 0.25) is 0 Å². The molecule has 0 saturated carbocycles. The van der Waals surface area contributed by atoms with Crippen LogP contribution in [0, 0.1) is 17.4 Å². The van der Waals surface area contributed by atoms with Gasteiger partial charge in [-0.25, -0.2) is 9.36 Å². The summed E-state index contributed by atoms with van der Waals surface area (Å²) < 4.78 is 13.2. The summed E-state index contributed by atoms with van der Waals surface area (Å²) in [6.45, 7) is 5.99. The number of phenols is 1. The predicted molar refractivity (Wildman–Crippen MR) is 164 cm³/mol. The van der Waals surface area contributed by atoms with Gasteiger partial charge in [-0.1, -0.05) is 36.4 Å². The lowest BCUT2D eigenvalue weighted by Crippen LogP contribution is -2.26. The molecule has 0 amide bonds. The molecule has 0 fully saturated rings.